The SMILES string of the molecule is CC(C)c1cc(N2C(=O)C(O)=C(c3c[nH]c4ccccc34)C2c2cnc3ccccc3c2)ccc1N. The topological polar surface area (TPSA) is 95.2 Å². The average molecular weight is 475 g/mol. The summed E-state index contributed by atoms with van der Waals surface area (Å²) in [5, 5.41) is 13.2. The van der Waals surface area contributed by atoms with Gasteiger partial charge in [0.25, 0.3) is 5.91 Å². The minimum Gasteiger partial charge on any atom is -0.503 e. The number of aromatic nitrogens is 2. The van der Waals surface area contributed by atoms with Crippen molar-refractivity contribution in [2.24, 2.45) is 0 Å². The van der Waals surface area contributed by atoms with Crippen LogP contribution in [0.5, 0.6) is 0 Å². The van der Waals surface area contributed by atoms with Crippen LogP contribution < -0.4 is 10.6 Å². The first kappa shape index (κ1) is 21.9. The number of nitrogen functional groups attached to an aromatic ring is 1. The van der Waals surface area contributed by atoms with Gasteiger partial charge in [-0.3, -0.25) is 14.7 Å². The third-order valence-electron chi connectivity index (χ3n) is 6.99. The van der Waals surface area contributed by atoms with Crippen molar-refractivity contribution in [1.29, 1.82) is 0 Å². The molecule has 36 heavy (non-hydrogen) atoms. The number of rotatable bonds is 4. The Morgan fingerprint density at radius 2 is 1.81 bits per heavy atom. The lowest BCUT2D eigenvalue weighted by Crippen LogP contribution is -2.30. The maximum atomic E-state index is 13.7. The normalized spacial score (nSPS) is 16.1. The molecular weight excluding hydrogens is 448 g/mol. The largest absolute Gasteiger partial charge is 0.503 e. The van der Waals surface area contributed by atoms with Crippen LogP contribution in [0.2, 0.25) is 0 Å². The number of nitrogens with zero attached hydrogens (tertiary/aromatic N) is 2. The van der Waals surface area contributed by atoms with Gasteiger partial charge in [-0.2, -0.15) is 0 Å². The molecule has 1 unspecified atom stereocenters. The third-order valence-corrected chi connectivity index (χ3v) is 6.99. The average Bonchev–Trinajstić information content (AvgIpc) is 3.42. The predicted molar refractivity (Wildman–Crippen MR) is 145 cm³/mol. The van der Waals surface area contributed by atoms with Crippen molar-refractivity contribution in [1.82, 2.24) is 9.97 Å². The van der Waals surface area contributed by atoms with E-state index in [9.17, 15) is 9.90 Å². The zero-order valence-electron chi connectivity index (χ0n) is 20.1. The van der Waals surface area contributed by atoms with Gasteiger partial charge in [0, 0.05) is 51.2 Å². The summed E-state index contributed by atoms with van der Waals surface area (Å²) in [7, 11) is 0. The van der Waals surface area contributed by atoms with E-state index in [4.69, 9.17) is 5.73 Å². The molecular formula is C30H26N4O2. The van der Waals surface area contributed by atoms with Crippen LogP contribution in [0.1, 0.15) is 42.5 Å². The van der Waals surface area contributed by atoms with Gasteiger partial charge in [0.2, 0.25) is 0 Å². The summed E-state index contributed by atoms with van der Waals surface area (Å²) in [5.41, 5.74) is 12.5. The second kappa shape index (κ2) is 8.27. The second-order valence-corrected chi connectivity index (χ2v) is 9.52. The van der Waals surface area contributed by atoms with E-state index in [-0.39, 0.29) is 11.7 Å². The lowest BCUT2D eigenvalue weighted by Gasteiger charge is -2.28. The maximum absolute atomic E-state index is 13.7. The van der Waals surface area contributed by atoms with E-state index in [0.717, 1.165) is 38.5 Å². The van der Waals surface area contributed by atoms with E-state index in [1.165, 1.54) is 0 Å². The fourth-order valence-electron chi connectivity index (χ4n) is 5.21. The Balaban J connectivity index is 1.60. The fourth-order valence-corrected chi connectivity index (χ4v) is 5.21. The minimum absolute atomic E-state index is 0.179. The smallest absolute Gasteiger partial charge is 0.294 e. The van der Waals surface area contributed by atoms with E-state index in [1.807, 2.05) is 79.0 Å². The molecule has 6 nitrogen and oxygen atoms in total. The standard InChI is InChI=1S/C30H26N4O2/c1-17(2)22-14-20(11-12-24(22)31)34-28(19-13-18-7-3-5-9-25(18)32-15-19)27(29(35)30(34)36)23-16-33-26-10-6-4-8-21(23)26/h3-17,28,33,35H,31H2,1-2H3. The van der Waals surface area contributed by atoms with Crippen LogP contribution in [-0.2, 0) is 4.79 Å². The highest BCUT2D eigenvalue weighted by Gasteiger charge is 2.43. The van der Waals surface area contributed by atoms with Gasteiger partial charge >= 0.3 is 0 Å². The van der Waals surface area contributed by atoms with Crippen LogP contribution in [-0.4, -0.2) is 21.0 Å². The molecule has 0 bridgehead atoms. The number of aliphatic hydroxyl groups excluding tert-OH is 1. The Kier molecular flexibility index (Phi) is 5.04. The Morgan fingerprint density at radius 1 is 1.03 bits per heavy atom. The molecule has 178 valence electrons. The lowest BCUT2D eigenvalue weighted by molar-refractivity contribution is -0.117. The van der Waals surface area contributed by atoms with Crippen LogP contribution in [0.25, 0.3) is 27.4 Å². The first-order chi connectivity index (χ1) is 17.4. The highest BCUT2D eigenvalue weighted by Crippen LogP contribution is 2.47. The Bertz CT molecular complexity index is 1680. The molecule has 0 saturated heterocycles. The van der Waals surface area contributed by atoms with Gasteiger partial charge < -0.3 is 15.8 Å². The number of benzene rings is 3. The molecule has 0 saturated carbocycles. The molecule has 2 aromatic heterocycles. The molecule has 0 fully saturated rings. The molecule has 0 spiro atoms. The number of carbonyl (C=O) groups is 1. The highest BCUT2D eigenvalue weighted by atomic mass is 16.3. The third kappa shape index (κ3) is 3.33. The molecule has 1 atom stereocenters. The summed E-state index contributed by atoms with van der Waals surface area (Å²) in [6.45, 7) is 4.14. The van der Waals surface area contributed by atoms with Crippen LogP contribution in [0.3, 0.4) is 0 Å². The number of nitrogens with two attached hydrogens (primary N) is 1. The summed E-state index contributed by atoms with van der Waals surface area (Å²) in [4.78, 5) is 23.3. The number of aromatic amines is 1. The number of amides is 1. The van der Waals surface area contributed by atoms with Crippen LogP contribution in [0.4, 0.5) is 11.4 Å². The molecule has 1 aliphatic rings. The zero-order chi connectivity index (χ0) is 25.0. The van der Waals surface area contributed by atoms with E-state index < -0.39 is 11.9 Å². The van der Waals surface area contributed by atoms with Crippen molar-refractivity contribution < 1.29 is 9.90 Å². The Morgan fingerprint density at radius 3 is 2.64 bits per heavy atom. The molecule has 6 rings (SSSR count). The molecule has 5 aromatic rings. The highest BCUT2D eigenvalue weighted by molar-refractivity contribution is 6.17. The first-order valence-corrected chi connectivity index (χ1v) is 12.0. The van der Waals surface area contributed by atoms with Gasteiger partial charge in [-0.1, -0.05) is 50.2 Å². The van der Waals surface area contributed by atoms with E-state index in [2.05, 4.69) is 23.8 Å². The number of para-hydroxylation sites is 2. The zero-order valence-corrected chi connectivity index (χ0v) is 20.1. The van der Waals surface area contributed by atoms with Crippen molar-refractivity contribution in [3.05, 3.63) is 108 Å². The van der Waals surface area contributed by atoms with Crippen molar-refractivity contribution in [3.8, 4) is 0 Å². The summed E-state index contributed by atoms with van der Waals surface area (Å²) >= 11 is 0. The van der Waals surface area contributed by atoms with Gasteiger partial charge in [0.1, 0.15) is 0 Å². The summed E-state index contributed by atoms with van der Waals surface area (Å²) in [6, 6.07) is 22.8. The lowest BCUT2D eigenvalue weighted by atomic mass is 9.92. The summed E-state index contributed by atoms with van der Waals surface area (Å²) in [6.07, 6.45) is 3.65. The monoisotopic (exact) mass is 474 g/mol. The summed E-state index contributed by atoms with van der Waals surface area (Å²) in [5.74, 6) is -0.535. The minimum atomic E-state index is -0.572. The van der Waals surface area contributed by atoms with Gasteiger partial charge in [0.05, 0.1) is 11.6 Å². The molecule has 0 aliphatic carbocycles. The number of pyridine rings is 1. The number of H-pyrrole nitrogens is 1. The van der Waals surface area contributed by atoms with Gasteiger partial charge in [0.15, 0.2) is 5.76 Å². The number of nitrogens with one attached hydrogen (secondary N) is 1. The summed E-state index contributed by atoms with van der Waals surface area (Å²) < 4.78 is 0. The molecule has 0 radical (unpaired) electrons. The Hall–Kier alpha value is -4.58. The number of hydrogen-bond donors (Lipinski definition) is 3. The van der Waals surface area contributed by atoms with Crippen molar-refractivity contribution >= 4 is 44.7 Å². The van der Waals surface area contributed by atoms with Crippen molar-refractivity contribution in [2.75, 3.05) is 10.6 Å². The number of anilines is 2. The van der Waals surface area contributed by atoms with Gasteiger partial charge in [-0.15, -0.1) is 0 Å². The molecule has 3 heterocycles. The van der Waals surface area contributed by atoms with E-state index in [0.29, 0.717) is 16.9 Å². The number of aliphatic hydroxyl groups is 1. The van der Waals surface area contributed by atoms with Crippen LogP contribution in [0, 0.1) is 0 Å². The van der Waals surface area contributed by atoms with E-state index in [1.54, 1.807) is 11.1 Å². The molecule has 1 amide bonds. The molecule has 6 heteroatoms. The van der Waals surface area contributed by atoms with E-state index >= 15 is 0 Å². The number of carbonyl (C=O) groups excluding carboxylic acids is 1. The molecule has 3 aromatic carbocycles. The fraction of sp³-hybridized carbons (Fsp3) is 0.133. The van der Waals surface area contributed by atoms with Gasteiger partial charge in [-0.05, 0) is 53.4 Å². The van der Waals surface area contributed by atoms with Crippen molar-refractivity contribution in [2.45, 2.75) is 25.8 Å². The number of hydrogen-bond acceptors (Lipinski definition) is 4. The first-order valence-electron chi connectivity index (χ1n) is 12.0. The van der Waals surface area contributed by atoms with Crippen LogP contribution in [0.15, 0.2) is 90.9 Å². The Labute approximate surface area is 208 Å². The quantitative estimate of drug-likeness (QED) is 0.260. The maximum Gasteiger partial charge on any atom is 0.294 e. The number of fused-ring (bicyclic) bond motifs is 2. The van der Waals surface area contributed by atoms with Crippen LogP contribution >= 0.6 is 0 Å². The predicted octanol–water partition coefficient (Wildman–Crippen LogP) is 6.48. The van der Waals surface area contributed by atoms with Crippen molar-refractivity contribution in [3.63, 3.8) is 0 Å². The van der Waals surface area contributed by atoms with Gasteiger partial charge in [-0.25, -0.2) is 0 Å². The molecule has 4 N–H and O–H groups in total. The molecule has 1 aliphatic heterocycles. The second-order valence-electron chi connectivity index (χ2n) is 9.52.